The number of nitrogens with one attached hydrogen (secondary N) is 1. The largest absolute Gasteiger partial charge is 0.315 e. The van der Waals surface area contributed by atoms with E-state index in [4.69, 9.17) is 11.6 Å². The standard InChI is InChI=1S/C17H13BrClNO/c1-11-9-14(10-12(2)17(11)18)20-16(21)8-7-13-5-3-4-6-15(13)19/h3-6,9-10H,1-2H3,(H,20,21). The van der Waals surface area contributed by atoms with Crippen LogP contribution in [-0.2, 0) is 4.79 Å². The van der Waals surface area contributed by atoms with Crippen molar-refractivity contribution in [1.82, 2.24) is 0 Å². The van der Waals surface area contributed by atoms with Gasteiger partial charge in [-0.1, -0.05) is 45.6 Å². The lowest BCUT2D eigenvalue weighted by Gasteiger charge is -2.07. The van der Waals surface area contributed by atoms with Crippen LogP contribution in [0.5, 0.6) is 0 Å². The van der Waals surface area contributed by atoms with Gasteiger partial charge in [-0.15, -0.1) is 0 Å². The predicted octanol–water partition coefficient (Wildman–Crippen LogP) is 4.71. The van der Waals surface area contributed by atoms with Gasteiger partial charge in [0, 0.05) is 21.6 Å². The van der Waals surface area contributed by atoms with Crippen LogP contribution in [0.1, 0.15) is 16.7 Å². The molecule has 0 aliphatic carbocycles. The number of carbonyl (C=O) groups is 1. The summed E-state index contributed by atoms with van der Waals surface area (Å²) in [6.45, 7) is 3.95. The third-order valence-electron chi connectivity index (χ3n) is 2.88. The van der Waals surface area contributed by atoms with E-state index in [2.05, 4.69) is 33.1 Å². The maximum Gasteiger partial charge on any atom is 0.300 e. The second kappa shape index (κ2) is 6.80. The van der Waals surface area contributed by atoms with Crippen LogP contribution in [0, 0.1) is 25.7 Å². The fourth-order valence-corrected chi connectivity index (χ4v) is 2.28. The number of carbonyl (C=O) groups excluding carboxylic acids is 1. The Kier molecular flexibility index (Phi) is 5.06. The highest BCUT2D eigenvalue weighted by Gasteiger charge is 2.04. The van der Waals surface area contributed by atoms with Gasteiger partial charge in [0.25, 0.3) is 0 Å². The van der Waals surface area contributed by atoms with Gasteiger partial charge in [-0.3, -0.25) is 4.79 Å². The Morgan fingerprint density at radius 3 is 2.43 bits per heavy atom. The van der Waals surface area contributed by atoms with Gasteiger partial charge >= 0.3 is 5.91 Å². The number of rotatable bonds is 1. The number of aryl methyl sites for hydroxylation is 2. The molecule has 0 fully saturated rings. The van der Waals surface area contributed by atoms with Gasteiger partial charge in [-0.05, 0) is 49.2 Å². The smallest absolute Gasteiger partial charge is 0.300 e. The zero-order valence-electron chi connectivity index (χ0n) is 11.6. The minimum atomic E-state index is -0.365. The lowest BCUT2D eigenvalue weighted by molar-refractivity contribution is -0.111. The Hall–Kier alpha value is -1.76. The molecule has 2 aromatic rings. The van der Waals surface area contributed by atoms with Crippen LogP contribution in [0.2, 0.25) is 5.02 Å². The highest BCUT2D eigenvalue weighted by Crippen LogP contribution is 2.24. The van der Waals surface area contributed by atoms with Crippen molar-refractivity contribution in [2.24, 2.45) is 0 Å². The molecule has 2 rings (SSSR count). The van der Waals surface area contributed by atoms with Crippen LogP contribution >= 0.6 is 27.5 Å². The van der Waals surface area contributed by atoms with E-state index in [9.17, 15) is 4.79 Å². The van der Waals surface area contributed by atoms with E-state index < -0.39 is 0 Å². The van der Waals surface area contributed by atoms with Gasteiger partial charge in [0.1, 0.15) is 0 Å². The summed E-state index contributed by atoms with van der Waals surface area (Å²) >= 11 is 9.48. The van der Waals surface area contributed by atoms with E-state index >= 15 is 0 Å². The Labute approximate surface area is 137 Å². The predicted molar refractivity (Wildman–Crippen MR) is 90.6 cm³/mol. The molecular weight excluding hydrogens is 350 g/mol. The molecule has 0 aromatic heterocycles. The van der Waals surface area contributed by atoms with E-state index in [-0.39, 0.29) is 5.91 Å². The number of amides is 1. The Morgan fingerprint density at radius 2 is 1.81 bits per heavy atom. The molecule has 0 atom stereocenters. The van der Waals surface area contributed by atoms with Crippen LogP contribution < -0.4 is 5.32 Å². The summed E-state index contributed by atoms with van der Waals surface area (Å²) in [6, 6.07) is 11.0. The van der Waals surface area contributed by atoms with Crippen molar-refractivity contribution < 1.29 is 4.79 Å². The average molecular weight is 363 g/mol. The van der Waals surface area contributed by atoms with Gasteiger partial charge in [-0.25, -0.2) is 0 Å². The van der Waals surface area contributed by atoms with E-state index in [1.807, 2.05) is 38.1 Å². The van der Waals surface area contributed by atoms with Crippen molar-refractivity contribution in [1.29, 1.82) is 0 Å². The summed E-state index contributed by atoms with van der Waals surface area (Å²) in [5, 5.41) is 3.30. The lowest BCUT2D eigenvalue weighted by Crippen LogP contribution is -2.09. The Balaban J connectivity index is 2.15. The van der Waals surface area contributed by atoms with Crippen LogP contribution in [-0.4, -0.2) is 5.91 Å². The zero-order valence-corrected chi connectivity index (χ0v) is 14.0. The quantitative estimate of drug-likeness (QED) is 0.731. The molecule has 1 amide bonds. The van der Waals surface area contributed by atoms with Crippen LogP contribution in [0.25, 0.3) is 0 Å². The van der Waals surface area contributed by atoms with Gasteiger partial charge < -0.3 is 5.32 Å². The maximum absolute atomic E-state index is 11.9. The minimum Gasteiger partial charge on any atom is -0.315 e. The van der Waals surface area contributed by atoms with Crippen molar-refractivity contribution in [2.75, 3.05) is 5.32 Å². The molecule has 0 saturated heterocycles. The molecule has 2 aromatic carbocycles. The molecule has 0 aliphatic rings. The molecule has 4 heteroatoms. The summed E-state index contributed by atoms with van der Waals surface area (Å²) in [5.74, 6) is 4.95. The molecule has 0 unspecified atom stereocenters. The molecule has 21 heavy (non-hydrogen) atoms. The average Bonchev–Trinajstić information content (AvgIpc) is 2.44. The van der Waals surface area contributed by atoms with Gasteiger partial charge in [0.2, 0.25) is 0 Å². The maximum atomic E-state index is 11.9. The zero-order chi connectivity index (χ0) is 15.4. The molecule has 0 spiro atoms. The highest BCUT2D eigenvalue weighted by atomic mass is 79.9. The molecule has 2 nitrogen and oxygen atoms in total. The summed E-state index contributed by atoms with van der Waals surface area (Å²) in [5.41, 5.74) is 3.48. The second-order valence-electron chi connectivity index (χ2n) is 4.61. The molecule has 0 bridgehead atoms. The Bertz CT molecular complexity index is 736. The monoisotopic (exact) mass is 361 g/mol. The molecule has 0 aliphatic heterocycles. The lowest BCUT2D eigenvalue weighted by atomic mass is 10.1. The van der Waals surface area contributed by atoms with Crippen molar-refractivity contribution in [3.8, 4) is 11.8 Å². The van der Waals surface area contributed by atoms with E-state index in [1.54, 1.807) is 12.1 Å². The van der Waals surface area contributed by atoms with Gasteiger partial charge in [0.05, 0.1) is 5.02 Å². The SMILES string of the molecule is Cc1cc(NC(=O)C#Cc2ccccc2Cl)cc(C)c1Br. The fraction of sp³-hybridized carbons (Fsp3) is 0.118. The van der Waals surface area contributed by atoms with Crippen LogP contribution in [0.3, 0.4) is 0 Å². The Morgan fingerprint density at radius 1 is 1.19 bits per heavy atom. The summed E-state index contributed by atoms with van der Waals surface area (Å²) in [7, 11) is 0. The number of anilines is 1. The summed E-state index contributed by atoms with van der Waals surface area (Å²) in [6.07, 6.45) is 0. The van der Waals surface area contributed by atoms with Crippen molar-refractivity contribution in [2.45, 2.75) is 13.8 Å². The molecular formula is C17H13BrClNO. The summed E-state index contributed by atoms with van der Waals surface area (Å²) in [4.78, 5) is 11.9. The first-order valence-electron chi connectivity index (χ1n) is 6.31. The van der Waals surface area contributed by atoms with E-state index in [0.29, 0.717) is 10.6 Å². The second-order valence-corrected chi connectivity index (χ2v) is 5.81. The number of halogens is 2. The third-order valence-corrected chi connectivity index (χ3v) is 4.46. The minimum absolute atomic E-state index is 0.365. The topological polar surface area (TPSA) is 29.1 Å². The van der Waals surface area contributed by atoms with Crippen molar-refractivity contribution in [3.05, 3.63) is 62.6 Å². The van der Waals surface area contributed by atoms with Crippen molar-refractivity contribution >= 4 is 39.1 Å². The third kappa shape index (κ3) is 4.10. The number of hydrogen-bond acceptors (Lipinski definition) is 1. The first-order valence-corrected chi connectivity index (χ1v) is 7.49. The van der Waals surface area contributed by atoms with Crippen LogP contribution in [0.15, 0.2) is 40.9 Å². The molecule has 106 valence electrons. The highest BCUT2D eigenvalue weighted by molar-refractivity contribution is 9.10. The normalized spacial score (nSPS) is 9.71. The van der Waals surface area contributed by atoms with Crippen LogP contribution in [0.4, 0.5) is 5.69 Å². The molecule has 0 radical (unpaired) electrons. The van der Waals surface area contributed by atoms with Gasteiger partial charge in [0.15, 0.2) is 0 Å². The molecule has 1 N–H and O–H groups in total. The molecule has 0 saturated carbocycles. The summed E-state index contributed by atoms with van der Waals surface area (Å²) < 4.78 is 1.04. The number of benzene rings is 2. The van der Waals surface area contributed by atoms with E-state index in [0.717, 1.165) is 21.3 Å². The fourth-order valence-electron chi connectivity index (χ4n) is 1.87. The first-order chi connectivity index (χ1) is 9.97. The first kappa shape index (κ1) is 15.6. The van der Waals surface area contributed by atoms with Gasteiger partial charge in [-0.2, -0.15) is 0 Å². The number of hydrogen-bond donors (Lipinski definition) is 1. The van der Waals surface area contributed by atoms with E-state index in [1.165, 1.54) is 0 Å². The van der Waals surface area contributed by atoms with Crippen molar-refractivity contribution in [3.63, 3.8) is 0 Å². The molecule has 0 heterocycles.